The van der Waals surface area contributed by atoms with Crippen LogP contribution in [-0.4, -0.2) is 31.1 Å². The number of methoxy groups -OCH3 is 1. The number of urea groups is 1. The molecule has 0 saturated carbocycles. The van der Waals surface area contributed by atoms with Crippen molar-refractivity contribution in [1.29, 1.82) is 5.26 Å². The van der Waals surface area contributed by atoms with E-state index in [-0.39, 0.29) is 11.9 Å². The molecule has 0 aliphatic heterocycles. The van der Waals surface area contributed by atoms with E-state index in [9.17, 15) is 4.79 Å². The quantitative estimate of drug-likeness (QED) is 0.886. The van der Waals surface area contributed by atoms with Gasteiger partial charge >= 0.3 is 6.03 Å². The average Bonchev–Trinajstić information content (AvgIpc) is 2.44. The molecule has 0 aromatic heterocycles. The van der Waals surface area contributed by atoms with Gasteiger partial charge in [0.25, 0.3) is 0 Å². The smallest absolute Gasteiger partial charge is 0.321 e. The Balaban J connectivity index is 2.74. The summed E-state index contributed by atoms with van der Waals surface area (Å²) in [5, 5.41) is 11.6. The van der Waals surface area contributed by atoms with Crippen LogP contribution in [0.4, 0.5) is 10.5 Å². The van der Waals surface area contributed by atoms with Gasteiger partial charge in [0.15, 0.2) is 0 Å². The van der Waals surface area contributed by atoms with Crippen molar-refractivity contribution < 1.29 is 9.53 Å². The molecule has 5 nitrogen and oxygen atoms in total. The summed E-state index contributed by atoms with van der Waals surface area (Å²) in [5.74, 6) is 0.420. The van der Waals surface area contributed by atoms with Crippen molar-refractivity contribution in [3.8, 4) is 11.8 Å². The van der Waals surface area contributed by atoms with E-state index in [1.807, 2.05) is 19.1 Å². The van der Waals surface area contributed by atoms with Gasteiger partial charge < -0.3 is 15.0 Å². The van der Waals surface area contributed by atoms with Gasteiger partial charge in [0.2, 0.25) is 0 Å². The SMILES string of the molecule is CCN(CC(C)C#N)C(=O)Nc1ccccc1OC. The lowest BCUT2D eigenvalue weighted by Gasteiger charge is -2.22. The molecule has 19 heavy (non-hydrogen) atoms. The summed E-state index contributed by atoms with van der Waals surface area (Å²) in [6.45, 7) is 4.63. The minimum atomic E-state index is -0.228. The Kier molecular flexibility index (Phi) is 5.68. The van der Waals surface area contributed by atoms with Gasteiger partial charge in [0, 0.05) is 13.1 Å². The molecule has 0 fully saturated rings. The van der Waals surface area contributed by atoms with Crippen LogP contribution in [0.5, 0.6) is 5.75 Å². The summed E-state index contributed by atoms with van der Waals surface area (Å²) < 4.78 is 5.18. The number of amides is 2. The van der Waals surface area contributed by atoms with Gasteiger partial charge in [-0.2, -0.15) is 5.26 Å². The van der Waals surface area contributed by atoms with Crippen molar-refractivity contribution in [2.24, 2.45) is 5.92 Å². The Labute approximate surface area is 113 Å². The number of carbonyl (C=O) groups excluding carboxylic acids is 1. The van der Waals surface area contributed by atoms with E-state index in [1.165, 1.54) is 0 Å². The number of nitrogens with one attached hydrogen (secondary N) is 1. The molecule has 0 saturated heterocycles. The Hall–Kier alpha value is -2.22. The molecule has 0 bridgehead atoms. The fourth-order valence-electron chi connectivity index (χ4n) is 1.67. The monoisotopic (exact) mass is 261 g/mol. The molecular formula is C14H19N3O2. The maximum atomic E-state index is 12.1. The molecule has 1 unspecified atom stereocenters. The van der Waals surface area contributed by atoms with Crippen LogP contribution in [0.25, 0.3) is 0 Å². The number of benzene rings is 1. The highest BCUT2D eigenvalue weighted by Crippen LogP contribution is 2.23. The third kappa shape index (κ3) is 4.18. The molecule has 0 heterocycles. The van der Waals surface area contributed by atoms with Crippen LogP contribution in [0.1, 0.15) is 13.8 Å². The van der Waals surface area contributed by atoms with Crippen LogP contribution in [0.15, 0.2) is 24.3 Å². The molecular weight excluding hydrogens is 242 g/mol. The molecule has 1 rings (SSSR count). The largest absolute Gasteiger partial charge is 0.495 e. The number of nitriles is 1. The van der Waals surface area contributed by atoms with E-state index in [4.69, 9.17) is 10.00 Å². The van der Waals surface area contributed by atoms with Crippen LogP contribution in [0.2, 0.25) is 0 Å². The number of carbonyl (C=O) groups is 1. The molecule has 5 heteroatoms. The van der Waals surface area contributed by atoms with Crippen molar-refractivity contribution >= 4 is 11.7 Å². The Morgan fingerprint density at radius 1 is 1.53 bits per heavy atom. The predicted molar refractivity (Wildman–Crippen MR) is 74.0 cm³/mol. The fraction of sp³-hybridized carbons (Fsp3) is 0.429. The minimum absolute atomic E-state index is 0.191. The molecule has 102 valence electrons. The van der Waals surface area contributed by atoms with E-state index in [0.717, 1.165) is 0 Å². The second kappa shape index (κ2) is 7.27. The summed E-state index contributed by atoms with van der Waals surface area (Å²) in [6, 6.07) is 9.12. The maximum absolute atomic E-state index is 12.1. The number of ether oxygens (including phenoxy) is 1. The first-order valence-corrected chi connectivity index (χ1v) is 6.20. The Morgan fingerprint density at radius 3 is 2.79 bits per heavy atom. The van der Waals surface area contributed by atoms with Gasteiger partial charge in [0.05, 0.1) is 24.8 Å². The van der Waals surface area contributed by atoms with Crippen molar-refractivity contribution in [1.82, 2.24) is 4.90 Å². The number of hydrogen-bond donors (Lipinski definition) is 1. The lowest BCUT2D eigenvalue weighted by Crippen LogP contribution is -2.37. The zero-order valence-corrected chi connectivity index (χ0v) is 11.5. The van der Waals surface area contributed by atoms with Crippen LogP contribution < -0.4 is 10.1 Å². The standard InChI is InChI=1S/C14H19N3O2/c1-4-17(10-11(2)9-15)14(18)16-12-7-5-6-8-13(12)19-3/h5-8,11H,4,10H2,1-3H3,(H,16,18). The highest BCUT2D eigenvalue weighted by Gasteiger charge is 2.16. The predicted octanol–water partition coefficient (Wildman–Crippen LogP) is 2.71. The number of rotatable bonds is 5. The van der Waals surface area contributed by atoms with E-state index in [2.05, 4.69) is 11.4 Å². The molecule has 1 N–H and O–H groups in total. The topological polar surface area (TPSA) is 65.4 Å². The van der Waals surface area contributed by atoms with Gasteiger partial charge in [-0.15, -0.1) is 0 Å². The fourth-order valence-corrected chi connectivity index (χ4v) is 1.67. The zero-order chi connectivity index (χ0) is 14.3. The third-order valence-electron chi connectivity index (χ3n) is 2.73. The number of hydrogen-bond acceptors (Lipinski definition) is 3. The lowest BCUT2D eigenvalue weighted by atomic mass is 10.2. The maximum Gasteiger partial charge on any atom is 0.321 e. The average molecular weight is 261 g/mol. The minimum Gasteiger partial charge on any atom is -0.495 e. The molecule has 0 aliphatic carbocycles. The second-order valence-electron chi connectivity index (χ2n) is 4.20. The second-order valence-corrected chi connectivity index (χ2v) is 4.20. The van der Waals surface area contributed by atoms with E-state index >= 15 is 0 Å². The molecule has 1 atom stereocenters. The first-order valence-electron chi connectivity index (χ1n) is 6.20. The first kappa shape index (κ1) is 14.8. The molecule has 0 aliphatic rings. The molecule has 0 spiro atoms. The van der Waals surface area contributed by atoms with Crippen LogP contribution in [0, 0.1) is 17.2 Å². The summed E-state index contributed by atoms with van der Waals surface area (Å²) in [6.07, 6.45) is 0. The zero-order valence-electron chi connectivity index (χ0n) is 11.5. The lowest BCUT2D eigenvalue weighted by molar-refractivity contribution is 0.210. The normalized spacial score (nSPS) is 11.3. The highest BCUT2D eigenvalue weighted by molar-refractivity contribution is 5.91. The summed E-state index contributed by atoms with van der Waals surface area (Å²) in [4.78, 5) is 13.7. The molecule has 1 aromatic rings. The summed E-state index contributed by atoms with van der Waals surface area (Å²) >= 11 is 0. The highest BCUT2D eigenvalue weighted by atomic mass is 16.5. The van der Waals surface area contributed by atoms with Gasteiger partial charge in [-0.1, -0.05) is 12.1 Å². The van der Waals surface area contributed by atoms with Crippen LogP contribution in [0.3, 0.4) is 0 Å². The Bertz CT molecular complexity index is 468. The summed E-state index contributed by atoms with van der Waals surface area (Å²) in [7, 11) is 1.56. The molecule has 0 radical (unpaired) electrons. The van der Waals surface area contributed by atoms with Gasteiger partial charge in [-0.25, -0.2) is 4.79 Å². The van der Waals surface area contributed by atoms with E-state index in [1.54, 1.807) is 31.1 Å². The van der Waals surface area contributed by atoms with E-state index < -0.39 is 0 Å². The number of para-hydroxylation sites is 2. The van der Waals surface area contributed by atoms with E-state index in [0.29, 0.717) is 24.5 Å². The first-order chi connectivity index (χ1) is 9.12. The third-order valence-corrected chi connectivity index (χ3v) is 2.73. The molecule has 2 amide bonds. The van der Waals surface area contributed by atoms with Gasteiger partial charge in [0.1, 0.15) is 5.75 Å². The number of anilines is 1. The Morgan fingerprint density at radius 2 is 2.21 bits per heavy atom. The van der Waals surface area contributed by atoms with Crippen LogP contribution in [-0.2, 0) is 0 Å². The van der Waals surface area contributed by atoms with Crippen molar-refractivity contribution in [3.05, 3.63) is 24.3 Å². The van der Waals surface area contributed by atoms with Crippen molar-refractivity contribution in [2.45, 2.75) is 13.8 Å². The summed E-state index contributed by atoms with van der Waals surface area (Å²) in [5.41, 5.74) is 0.623. The van der Waals surface area contributed by atoms with Crippen molar-refractivity contribution in [2.75, 3.05) is 25.5 Å². The van der Waals surface area contributed by atoms with Gasteiger partial charge in [-0.05, 0) is 26.0 Å². The van der Waals surface area contributed by atoms with Crippen LogP contribution >= 0.6 is 0 Å². The van der Waals surface area contributed by atoms with Gasteiger partial charge in [-0.3, -0.25) is 0 Å². The van der Waals surface area contributed by atoms with Crippen molar-refractivity contribution in [3.63, 3.8) is 0 Å². The number of nitrogens with zero attached hydrogens (tertiary/aromatic N) is 2. The molecule has 1 aromatic carbocycles.